The predicted octanol–water partition coefficient (Wildman–Crippen LogP) is 12.0. The summed E-state index contributed by atoms with van der Waals surface area (Å²) < 4.78 is 2.70. The first-order valence-corrected chi connectivity index (χ1v) is 14.9. The minimum absolute atomic E-state index is 1.25. The summed E-state index contributed by atoms with van der Waals surface area (Å²) in [6.45, 7) is 0. The van der Waals surface area contributed by atoms with Crippen LogP contribution in [0.5, 0.6) is 0 Å². The second-order valence-corrected chi connectivity index (χ2v) is 11.9. The van der Waals surface area contributed by atoms with Crippen molar-refractivity contribution in [1.82, 2.24) is 0 Å². The lowest BCUT2D eigenvalue weighted by atomic mass is 9.87. The molecule has 0 saturated carbocycles. The fourth-order valence-corrected chi connectivity index (χ4v) is 7.99. The first-order chi connectivity index (χ1) is 20.3. The van der Waals surface area contributed by atoms with Crippen LogP contribution in [0.1, 0.15) is 0 Å². The topological polar surface area (TPSA) is 0 Å². The lowest BCUT2D eigenvalue weighted by molar-refractivity contribution is 1.67. The zero-order chi connectivity index (χ0) is 26.9. The van der Waals surface area contributed by atoms with E-state index in [9.17, 15) is 0 Å². The van der Waals surface area contributed by atoms with Crippen LogP contribution in [-0.2, 0) is 0 Å². The Balaban J connectivity index is 1.41. The molecule has 0 atom stereocenters. The van der Waals surface area contributed by atoms with E-state index >= 15 is 0 Å². The summed E-state index contributed by atoms with van der Waals surface area (Å²) in [5.74, 6) is 0. The SMILES string of the molecule is c1ccc(-c2cc3c4ccccc4c(-c4cccc5c4sc4cc6ccccc6cc45)cc3c3ccccc23)cc1. The quantitative estimate of drug-likeness (QED) is 0.193. The molecule has 8 aromatic carbocycles. The highest BCUT2D eigenvalue weighted by atomic mass is 32.1. The molecular weight excluding hydrogens is 513 g/mol. The molecule has 41 heavy (non-hydrogen) atoms. The van der Waals surface area contributed by atoms with Gasteiger partial charge >= 0.3 is 0 Å². The van der Waals surface area contributed by atoms with Crippen LogP contribution in [-0.4, -0.2) is 0 Å². The Morgan fingerprint density at radius 3 is 1.61 bits per heavy atom. The highest BCUT2D eigenvalue weighted by Crippen LogP contribution is 2.46. The number of benzene rings is 8. The van der Waals surface area contributed by atoms with Crippen molar-refractivity contribution in [3.8, 4) is 22.3 Å². The molecule has 1 heterocycles. The highest BCUT2D eigenvalue weighted by molar-refractivity contribution is 7.26. The van der Waals surface area contributed by atoms with Crippen LogP contribution in [0, 0.1) is 0 Å². The van der Waals surface area contributed by atoms with Crippen molar-refractivity contribution in [2.24, 2.45) is 0 Å². The molecule has 0 spiro atoms. The molecule has 190 valence electrons. The fraction of sp³-hybridized carbons (Fsp3) is 0. The molecule has 0 N–H and O–H groups in total. The summed E-state index contributed by atoms with van der Waals surface area (Å²) in [6, 6.07) is 53.7. The molecule has 0 fully saturated rings. The average molecular weight is 537 g/mol. The van der Waals surface area contributed by atoms with Gasteiger partial charge in [0.15, 0.2) is 0 Å². The van der Waals surface area contributed by atoms with E-state index in [1.54, 1.807) is 0 Å². The first-order valence-electron chi connectivity index (χ1n) is 14.1. The molecule has 0 aliphatic rings. The maximum Gasteiger partial charge on any atom is 0.0434 e. The Labute approximate surface area is 241 Å². The van der Waals surface area contributed by atoms with E-state index in [1.165, 1.54) is 85.5 Å². The van der Waals surface area contributed by atoms with Crippen molar-refractivity contribution in [2.45, 2.75) is 0 Å². The molecular formula is C40H24S. The van der Waals surface area contributed by atoms with Crippen molar-refractivity contribution in [3.05, 3.63) is 146 Å². The zero-order valence-corrected chi connectivity index (χ0v) is 23.1. The molecule has 0 aliphatic carbocycles. The van der Waals surface area contributed by atoms with Crippen molar-refractivity contribution in [3.63, 3.8) is 0 Å². The van der Waals surface area contributed by atoms with Gasteiger partial charge in [0.1, 0.15) is 0 Å². The fourth-order valence-electron chi connectivity index (χ4n) is 6.73. The first kappa shape index (κ1) is 22.8. The molecule has 0 saturated heterocycles. The third-order valence-electron chi connectivity index (χ3n) is 8.62. The molecule has 9 aromatic rings. The normalized spacial score (nSPS) is 11.9. The Morgan fingerprint density at radius 1 is 0.317 bits per heavy atom. The average Bonchev–Trinajstić information content (AvgIpc) is 3.41. The second kappa shape index (κ2) is 8.76. The summed E-state index contributed by atoms with van der Waals surface area (Å²) in [5.41, 5.74) is 5.14. The lowest BCUT2D eigenvalue weighted by Gasteiger charge is -2.16. The summed E-state index contributed by atoms with van der Waals surface area (Å²) in [7, 11) is 0. The Hall–Kier alpha value is -4.98. The number of hydrogen-bond donors (Lipinski definition) is 0. The van der Waals surface area contributed by atoms with Crippen molar-refractivity contribution in [2.75, 3.05) is 0 Å². The standard InChI is InChI=1S/C40H24S/c1-2-11-25(12-3-1)34-23-36-31-18-9-8-17-30(31)35(24-37(36)29-16-7-6-15-28(29)34)32-19-10-20-33-38-21-26-13-4-5-14-27(26)22-39(38)41-40(32)33/h1-24H. The van der Waals surface area contributed by atoms with Crippen molar-refractivity contribution in [1.29, 1.82) is 0 Å². The maximum absolute atomic E-state index is 2.45. The Morgan fingerprint density at radius 2 is 0.878 bits per heavy atom. The number of rotatable bonds is 2. The van der Waals surface area contributed by atoms with Gasteiger partial charge in [0, 0.05) is 25.7 Å². The summed E-state index contributed by atoms with van der Waals surface area (Å²) in [4.78, 5) is 0. The molecule has 0 amide bonds. The molecule has 1 heteroatoms. The minimum Gasteiger partial charge on any atom is -0.135 e. The van der Waals surface area contributed by atoms with Gasteiger partial charge in [-0.2, -0.15) is 0 Å². The van der Waals surface area contributed by atoms with E-state index in [1.807, 2.05) is 11.3 Å². The largest absolute Gasteiger partial charge is 0.135 e. The molecule has 0 nitrogen and oxygen atoms in total. The number of thiophene rings is 1. The van der Waals surface area contributed by atoms with E-state index < -0.39 is 0 Å². The van der Waals surface area contributed by atoms with Gasteiger partial charge in [0.2, 0.25) is 0 Å². The number of fused-ring (bicyclic) bond motifs is 9. The minimum atomic E-state index is 1.25. The van der Waals surface area contributed by atoms with Gasteiger partial charge in [0.05, 0.1) is 0 Å². The van der Waals surface area contributed by atoms with Gasteiger partial charge in [-0.15, -0.1) is 11.3 Å². The third kappa shape index (κ3) is 3.40. The third-order valence-corrected chi connectivity index (χ3v) is 9.82. The monoisotopic (exact) mass is 536 g/mol. The van der Waals surface area contributed by atoms with Gasteiger partial charge in [-0.25, -0.2) is 0 Å². The van der Waals surface area contributed by atoms with E-state index in [-0.39, 0.29) is 0 Å². The van der Waals surface area contributed by atoms with Crippen LogP contribution in [0.25, 0.3) is 85.5 Å². The highest BCUT2D eigenvalue weighted by Gasteiger charge is 2.17. The molecule has 0 bridgehead atoms. The smallest absolute Gasteiger partial charge is 0.0434 e. The van der Waals surface area contributed by atoms with Gasteiger partial charge in [0.25, 0.3) is 0 Å². The predicted molar refractivity (Wildman–Crippen MR) is 180 cm³/mol. The van der Waals surface area contributed by atoms with Crippen LogP contribution in [0.4, 0.5) is 0 Å². The van der Waals surface area contributed by atoms with Crippen molar-refractivity contribution < 1.29 is 0 Å². The van der Waals surface area contributed by atoms with Gasteiger partial charge in [-0.05, 0) is 84.0 Å². The molecule has 0 aliphatic heterocycles. The zero-order valence-electron chi connectivity index (χ0n) is 22.3. The van der Waals surface area contributed by atoms with Crippen LogP contribution in [0.15, 0.2) is 146 Å². The van der Waals surface area contributed by atoms with Crippen LogP contribution >= 0.6 is 11.3 Å². The van der Waals surface area contributed by atoms with Gasteiger partial charge < -0.3 is 0 Å². The summed E-state index contributed by atoms with van der Waals surface area (Å²) in [6.07, 6.45) is 0. The lowest BCUT2D eigenvalue weighted by Crippen LogP contribution is -1.89. The second-order valence-electron chi connectivity index (χ2n) is 10.9. The summed E-state index contributed by atoms with van der Waals surface area (Å²) >= 11 is 1.92. The van der Waals surface area contributed by atoms with E-state index in [4.69, 9.17) is 0 Å². The van der Waals surface area contributed by atoms with Crippen LogP contribution in [0.2, 0.25) is 0 Å². The molecule has 9 rings (SSSR count). The van der Waals surface area contributed by atoms with Gasteiger partial charge in [-0.3, -0.25) is 0 Å². The van der Waals surface area contributed by atoms with Crippen molar-refractivity contribution >= 4 is 74.6 Å². The molecule has 0 radical (unpaired) electrons. The van der Waals surface area contributed by atoms with E-state index in [0.29, 0.717) is 0 Å². The maximum atomic E-state index is 2.45. The number of hydrogen-bond acceptors (Lipinski definition) is 1. The molecule has 1 aromatic heterocycles. The Kier molecular flexibility index (Phi) is 4.87. The molecule has 0 unspecified atom stereocenters. The van der Waals surface area contributed by atoms with E-state index in [2.05, 4.69) is 146 Å². The Bertz CT molecular complexity index is 2460. The van der Waals surface area contributed by atoms with E-state index in [0.717, 1.165) is 0 Å². The van der Waals surface area contributed by atoms with Gasteiger partial charge in [-0.1, -0.05) is 121 Å². The van der Waals surface area contributed by atoms with Crippen LogP contribution in [0.3, 0.4) is 0 Å². The van der Waals surface area contributed by atoms with Crippen LogP contribution < -0.4 is 0 Å². The summed E-state index contributed by atoms with van der Waals surface area (Å²) in [5, 5.41) is 13.1.